The largest absolute Gasteiger partial charge is 0.493 e. The Hall–Kier alpha value is -2.30. The Morgan fingerprint density at radius 2 is 1.86 bits per heavy atom. The van der Waals surface area contributed by atoms with Gasteiger partial charge in [-0.2, -0.15) is 0 Å². The monoisotopic (exact) mass is 406 g/mol. The molecule has 0 bridgehead atoms. The van der Waals surface area contributed by atoms with E-state index in [-0.39, 0.29) is 6.10 Å². The van der Waals surface area contributed by atoms with Crippen LogP contribution in [-0.2, 0) is 11.3 Å². The van der Waals surface area contributed by atoms with Crippen molar-refractivity contribution < 1.29 is 14.2 Å². The molecule has 3 aromatic rings. The maximum Gasteiger partial charge on any atom is 0.161 e. The van der Waals surface area contributed by atoms with E-state index in [1.165, 1.54) is 29.7 Å². The minimum Gasteiger partial charge on any atom is -0.493 e. The Labute approximate surface area is 176 Å². The normalized spacial score (nSPS) is 23.1. The van der Waals surface area contributed by atoms with E-state index in [1.54, 1.807) is 7.11 Å². The molecule has 0 saturated heterocycles. The SMILES string of the molecule is COc1cc([C@H]2O[C@@H]3CCCC[C@@H]3c3sccc32)ccc1OCc1ccccc1. The van der Waals surface area contributed by atoms with Gasteiger partial charge in [-0.1, -0.05) is 49.2 Å². The average molecular weight is 407 g/mol. The standard InChI is InChI=1S/C25H26O3S/c1-26-23-15-18(11-12-22(23)27-16-17-7-3-2-4-8-17)24-20-13-14-29-25(20)19-9-5-6-10-21(19)28-24/h2-4,7-8,11-15,19,21,24H,5-6,9-10,16H2,1H3/t19-,21+,24+/m0/s1. The highest BCUT2D eigenvalue weighted by atomic mass is 32.1. The first-order valence-electron chi connectivity index (χ1n) is 10.4. The van der Waals surface area contributed by atoms with Crippen molar-refractivity contribution in [1.29, 1.82) is 0 Å². The summed E-state index contributed by atoms with van der Waals surface area (Å²) < 4.78 is 18.3. The molecule has 3 nitrogen and oxygen atoms in total. The molecule has 0 unspecified atom stereocenters. The van der Waals surface area contributed by atoms with E-state index in [4.69, 9.17) is 14.2 Å². The molecule has 0 N–H and O–H groups in total. The molecule has 2 aromatic carbocycles. The van der Waals surface area contributed by atoms with Gasteiger partial charge in [-0.05, 0) is 53.1 Å². The first kappa shape index (κ1) is 18.7. The Morgan fingerprint density at radius 3 is 2.72 bits per heavy atom. The Balaban J connectivity index is 1.41. The number of thiophene rings is 1. The highest BCUT2D eigenvalue weighted by Crippen LogP contribution is 2.49. The van der Waals surface area contributed by atoms with Gasteiger partial charge in [0.25, 0.3) is 0 Å². The van der Waals surface area contributed by atoms with Crippen molar-refractivity contribution >= 4 is 11.3 Å². The first-order chi connectivity index (χ1) is 14.3. The summed E-state index contributed by atoms with van der Waals surface area (Å²) in [6.45, 7) is 0.523. The molecular weight excluding hydrogens is 380 g/mol. The van der Waals surface area contributed by atoms with Crippen LogP contribution < -0.4 is 9.47 Å². The Morgan fingerprint density at radius 1 is 1.00 bits per heavy atom. The second-order valence-electron chi connectivity index (χ2n) is 7.87. The van der Waals surface area contributed by atoms with Gasteiger partial charge in [-0.25, -0.2) is 0 Å². The second kappa shape index (κ2) is 8.21. The minimum absolute atomic E-state index is 0.0207. The molecule has 1 fully saturated rings. The summed E-state index contributed by atoms with van der Waals surface area (Å²) in [5.41, 5.74) is 3.61. The summed E-state index contributed by atoms with van der Waals surface area (Å²) in [5.74, 6) is 2.09. The number of fused-ring (bicyclic) bond motifs is 3. The minimum atomic E-state index is -0.0207. The predicted molar refractivity (Wildman–Crippen MR) is 116 cm³/mol. The average Bonchev–Trinajstić information content (AvgIpc) is 3.28. The summed E-state index contributed by atoms with van der Waals surface area (Å²) >= 11 is 1.89. The van der Waals surface area contributed by atoms with Crippen molar-refractivity contribution in [1.82, 2.24) is 0 Å². The fraction of sp³-hybridized carbons (Fsp3) is 0.360. The molecule has 0 radical (unpaired) electrons. The molecule has 5 rings (SSSR count). The van der Waals surface area contributed by atoms with E-state index in [1.807, 2.05) is 35.6 Å². The maximum absolute atomic E-state index is 6.64. The van der Waals surface area contributed by atoms with E-state index < -0.39 is 0 Å². The summed E-state index contributed by atoms with van der Waals surface area (Å²) in [4.78, 5) is 1.52. The van der Waals surface area contributed by atoms with Crippen LogP contribution in [0.4, 0.5) is 0 Å². The third-order valence-corrected chi connectivity index (χ3v) is 7.15. The number of hydrogen-bond donors (Lipinski definition) is 0. The van der Waals surface area contributed by atoms with E-state index in [0.29, 0.717) is 18.6 Å². The van der Waals surface area contributed by atoms with Gasteiger partial charge in [0.05, 0.1) is 13.2 Å². The van der Waals surface area contributed by atoms with Gasteiger partial charge in [-0.3, -0.25) is 0 Å². The van der Waals surface area contributed by atoms with Crippen LogP contribution in [0, 0.1) is 0 Å². The molecule has 29 heavy (non-hydrogen) atoms. The first-order valence-corrected chi connectivity index (χ1v) is 11.3. The van der Waals surface area contributed by atoms with Crippen LogP contribution >= 0.6 is 11.3 Å². The Bertz CT molecular complexity index is 965. The third-order valence-electron chi connectivity index (χ3n) is 6.09. The molecule has 150 valence electrons. The summed E-state index contributed by atoms with van der Waals surface area (Å²) in [6, 6.07) is 18.6. The Kier molecular flexibility index (Phi) is 5.30. The molecule has 0 amide bonds. The maximum atomic E-state index is 6.64. The highest BCUT2D eigenvalue weighted by Gasteiger charge is 2.38. The highest BCUT2D eigenvalue weighted by molar-refractivity contribution is 7.10. The number of rotatable bonds is 5. The lowest BCUT2D eigenvalue weighted by Gasteiger charge is -2.39. The third kappa shape index (κ3) is 3.67. The van der Waals surface area contributed by atoms with Crippen LogP contribution in [0.1, 0.15) is 59.3 Å². The van der Waals surface area contributed by atoms with Crippen molar-refractivity contribution in [2.45, 2.75) is 50.4 Å². The van der Waals surface area contributed by atoms with Crippen LogP contribution in [0.15, 0.2) is 60.0 Å². The number of benzene rings is 2. The van der Waals surface area contributed by atoms with Gasteiger partial charge in [0.1, 0.15) is 12.7 Å². The number of methoxy groups -OCH3 is 1. The van der Waals surface area contributed by atoms with Crippen molar-refractivity contribution in [2.75, 3.05) is 7.11 Å². The van der Waals surface area contributed by atoms with Gasteiger partial charge in [-0.15, -0.1) is 11.3 Å². The van der Waals surface area contributed by atoms with E-state index >= 15 is 0 Å². The van der Waals surface area contributed by atoms with Gasteiger partial charge >= 0.3 is 0 Å². The van der Waals surface area contributed by atoms with Gasteiger partial charge in [0.2, 0.25) is 0 Å². The molecule has 3 atom stereocenters. The lowest BCUT2D eigenvalue weighted by molar-refractivity contribution is -0.0374. The summed E-state index contributed by atoms with van der Waals surface area (Å²) in [5, 5.41) is 2.21. The zero-order valence-electron chi connectivity index (χ0n) is 16.7. The zero-order chi connectivity index (χ0) is 19.6. The molecule has 1 aliphatic heterocycles. The molecule has 1 saturated carbocycles. The van der Waals surface area contributed by atoms with Crippen molar-refractivity contribution in [3.63, 3.8) is 0 Å². The predicted octanol–water partition coefficient (Wildman–Crippen LogP) is 6.48. The van der Waals surface area contributed by atoms with Crippen LogP contribution in [0.2, 0.25) is 0 Å². The summed E-state index contributed by atoms with van der Waals surface area (Å²) in [6.07, 6.45) is 5.31. The second-order valence-corrected chi connectivity index (χ2v) is 8.82. The van der Waals surface area contributed by atoms with Crippen molar-refractivity contribution in [3.8, 4) is 11.5 Å². The molecule has 4 heteroatoms. The quantitative estimate of drug-likeness (QED) is 0.485. The lowest BCUT2D eigenvalue weighted by Crippen LogP contribution is -2.32. The molecule has 2 heterocycles. The van der Waals surface area contributed by atoms with Crippen LogP contribution in [-0.4, -0.2) is 13.2 Å². The zero-order valence-corrected chi connectivity index (χ0v) is 17.5. The van der Waals surface area contributed by atoms with Crippen LogP contribution in [0.5, 0.6) is 11.5 Å². The number of ether oxygens (including phenoxy) is 3. The number of hydrogen-bond acceptors (Lipinski definition) is 4. The summed E-state index contributed by atoms with van der Waals surface area (Å²) in [7, 11) is 1.70. The molecule has 0 spiro atoms. The van der Waals surface area contributed by atoms with E-state index in [9.17, 15) is 0 Å². The van der Waals surface area contributed by atoms with Gasteiger partial charge in [0, 0.05) is 10.8 Å². The van der Waals surface area contributed by atoms with E-state index in [2.05, 4.69) is 35.7 Å². The van der Waals surface area contributed by atoms with Crippen LogP contribution in [0.25, 0.3) is 0 Å². The van der Waals surface area contributed by atoms with Crippen molar-refractivity contribution in [3.05, 3.63) is 81.5 Å². The van der Waals surface area contributed by atoms with Gasteiger partial charge < -0.3 is 14.2 Å². The topological polar surface area (TPSA) is 27.7 Å². The fourth-order valence-electron chi connectivity index (χ4n) is 4.62. The lowest BCUT2D eigenvalue weighted by atomic mass is 9.80. The fourth-order valence-corrected chi connectivity index (χ4v) is 5.73. The van der Waals surface area contributed by atoms with E-state index in [0.717, 1.165) is 29.0 Å². The molecule has 2 aliphatic rings. The van der Waals surface area contributed by atoms with Gasteiger partial charge in [0.15, 0.2) is 11.5 Å². The molecular formula is C25H26O3S. The molecule has 1 aliphatic carbocycles. The van der Waals surface area contributed by atoms with Crippen molar-refractivity contribution in [2.24, 2.45) is 0 Å². The smallest absolute Gasteiger partial charge is 0.161 e. The van der Waals surface area contributed by atoms with Crippen LogP contribution in [0.3, 0.4) is 0 Å². The molecule has 1 aromatic heterocycles.